The molecular weight excluding hydrogens is 358 g/mol. The molecule has 0 N–H and O–H groups in total. The largest absolute Gasteiger partial charge is 0.344 e. The summed E-state index contributed by atoms with van der Waals surface area (Å²) in [6.45, 7) is 2.24. The molecule has 0 aliphatic carbocycles. The van der Waals surface area contributed by atoms with Gasteiger partial charge >= 0.3 is 0 Å². The van der Waals surface area contributed by atoms with Gasteiger partial charge in [-0.3, -0.25) is 0 Å². The zero-order chi connectivity index (χ0) is 19.1. The van der Waals surface area contributed by atoms with Crippen molar-refractivity contribution in [1.29, 1.82) is 0 Å². The lowest BCUT2D eigenvalue weighted by Gasteiger charge is -2.32. The van der Waals surface area contributed by atoms with Gasteiger partial charge in [0.2, 0.25) is 0 Å². The van der Waals surface area contributed by atoms with Crippen molar-refractivity contribution in [2.24, 2.45) is 0 Å². The van der Waals surface area contributed by atoms with Gasteiger partial charge in [-0.1, -0.05) is 78.5 Å². The fraction of sp³-hybridized carbons (Fsp3) is 0.0769. The summed E-state index contributed by atoms with van der Waals surface area (Å²) in [6, 6.07) is 32.7. The maximum Gasteiger partial charge on any atom is 0.0488 e. The number of allylic oxidation sites excluding steroid dienone is 1. The van der Waals surface area contributed by atoms with Crippen molar-refractivity contribution in [1.82, 2.24) is 0 Å². The second kappa shape index (κ2) is 6.88. The van der Waals surface area contributed by atoms with E-state index in [0.717, 1.165) is 0 Å². The normalized spacial score (nSPS) is 12.6. The summed E-state index contributed by atoms with van der Waals surface area (Å²) in [6.07, 6.45) is 0. The van der Waals surface area contributed by atoms with Crippen LogP contribution in [-0.4, -0.2) is 7.05 Å². The Morgan fingerprint density at radius 1 is 0.679 bits per heavy atom. The van der Waals surface area contributed by atoms with Crippen molar-refractivity contribution < 1.29 is 0 Å². The van der Waals surface area contributed by atoms with Gasteiger partial charge in [0.25, 0.3) is 0 Å². The fourth-order valence-electron chi connectivity index (χ4n) is 4.07. The van der Waals surface area contributed by atoms with Gasteiger partial charge in [0.15, 0.2) is 0 Å². The van der Waals surface area contributed by atoms with Crippen LogP contribution in [0.3, 0.4) is 0 Å². The molecule has 1 heterocycles. The van der Waals surface area contributed by atoms with E-state index < -0.39 is 0 Å². The van der Waals surface area contributed by atoms with Crippen molar-refractivity contribution in [3.63, 3.8) is 0 Å². The van der Waals surface area contributed by atoms with Gasteiger partial charge in [0.1, 0.15) is 0 Å². The van der Waals surface area contributed by atoms with Gasteiger partial charge in [-0.25, -0.2) is 0 Å². The van der Waals surface area contributed by atoms with Crippen LogP contribution in [0.2, 0.25) is 0 Å². The summed E-state index contributed by atoms with van der Waals surface area (Å²) in [5.41, 5.74) is 6.45. The lowest BCUT2D eigenvalue weighted by Crippen LogP contribution is -2.18. The Morgan fingerprint density at radius 2 is 1.25 bits per heavy atom. The summed E-state index contributed by atoms with van der Waals surface area (Å²) in [4.78, 5) is 4.89. The Hall–Kier alpha value is -2.97. The topological polar surface area (TPSA) is 3.24 Å². The quantitative estimate of drug-likeness (QED) is 0.332. The minimum Gasteiger partial charge on any atom is -0.344 e. The summed E-state index contributed by atoms with van der Waals surface area (Å²) >= 11 is 1.85. The minimum absolute atomic E-state index is 1.26. The van der Waals surface area contributed by atoms with E-state index in [1.807, 2.05) is 11.8 Å². The number of hydrogen-bond acceptors (Lipinski definition) is 2. The highest BCUT2D eigenvalue weighted by Crippen LogP contribution is 2.47. The maximum atomic E-state index is 2.29. The van der Waals surface area contributed by atoms with Crippen LogP contribution in [0.4, 0.5) is 11.4 Å². The number of fused-ring (bicyclic) bond motifs is 3. The summed E-state index contributed by atoms with van der Waals surface area (Å²) < 4.78 is 0. The van der Waals surface area contributed by atoms with Crippen LogP contribution in [0.1, 0.15) is 18.1 Å². The standard InChI is InChI=1S/C26H21NS/c1-18(28-21-16-15-19-9-3-4-10-20(19)17-21)26-22-11-5-7-13-24(22)27(2)25-14-8-6-12-23(25)26/h3-17H,1-2H3. The van der Waals surface area contributed by atoms with Crippen molar-refractivity contribution in [3.8, 4) is 0 Å². The second-order valence-corrected chi connectivity index (χ2v) is 8.42. The Balaban J connectivity index is 1.66. The van der Waals surface area contributed by atoms with Gasteiger partial charge in [-0.05, 0) is 46.9 Å². The van der Waals surface area contributed by atoms with Gasteiger partial charge in [0.05, 0.1) is 0 Å². The van der Waals surface area contributed by atoms with Crippen LogP contribution in [-0.2, 0) is 0 Å². The molecule has 0 saturated carbocycles. The number of rotatable bonds is 2. The maximum absolute atomic E-state index is 2.29. The number of benzene rings is 4. The fourth-order valence-corrected chi connectivity index (χ4v) is 5.07. The molecule has 0 fully saturated rings. The van der Waals surface area contributed by atoms with Crippen molar-refractivity contribution >= 4 is 39.5 Å². The van der Waals surface area contributed by atoms with E-state index in [1.54, 1.807) is 0 Å². The van der Waals surface area contributed by atoms with Crippen LogP contribution in [0.5, 0.6) is 0 Å². The van der Waals surface area contributed by atoms with E-state index in [2.05, 4.69) is 110 Å². The molecule has 5 rings (SSSR count). The van der Waals surface area contributed by atoms with Crippen LogP contribution in [0.25, 0.3) is 16.3 Å². The van der Waals surface area contributed by atoms with Crippen LogP contribution < -0.4 is 4.90 Å². The van der Waals surface area contributed by atoms with E-state index in [0.29, 0.717) is 0 Å². The molecule has 0 bridgehead atoms. The summed E-state index contributed by atoms with van der Waals surface area (Å²) in [5.74, 6) is 0. The molecule has 0 spiro atoms. The van der Waals surface area contributed by atoms with E-state index in [-0.39, 0.29) is 0 Å². The first-order valence-electron chi connectivity index (χ1n) is 9.52. The first-order chi connectivity index (χ1) is 13.7. The van der Waals surface area contributed by atoms with E-state index in [1.165, 1.54) is 48.6 Å². The number of hydrogen-bond donors (Lipinski definition) is 0. The molecule has 0 unspecified atom stereocenters. The highest BCUT2D eigenvalue weighted by Gasteiger charge is 2.25. The zero-order valence-electron chi connectivity index (χ0n) is 16.0. The third-order valence-electron chi connectivity index (χ3n) is 5.41. The molecule has 4 aromatic carbocycles. The molecule has 0 amide bonds. The molecule has 0 saturated heterocycles. The Bertz CT molecular complexity index is 1170. The Morgan fingerprint density at radius 3 is 1.93 bits per heavy atom. The number of para-hydroxylation sites is 2. The monoisotopic (exact) mass is 379 g/mol. The minimum atomic E-state index is 1.26. The van der Waals surface area contributed by atoms with Gasteiger partial charge in [-0.2, -0.15) is 0 Å². The highest BCUT2D eigenvalue weighted by molar-refractivity contribution is 8.03. The summed E-state index contributed by atoms with van der Waals surface area (Å²) in [5, 5.41) is 2.57. The van der Waals surface area contributed by atoms with Gasteiger partial charge in [-0.15, -0.1) is 0 Å². The van der Waals surface area contributed by atoms with Gasteiger partial charge < -0.3 is 4.90 Å². The predicted molar refractivity (Wildman–Crippen MR) is 122 cm³/mol. The lowest BCUT2D eigenvalue weighted by molar-refractivity contribution is 1.17. The lowest BCUT2D eigenvalue weighted by atomic mass is 9.90. The molecule has 4 aromatic rings. The smallest absolute Gasteiger partial charge is 0.0488 e. The molecule has 1 nitrogen and oxygen atoms in total. The number of thioether (sulfide) groups is 1. The SMILES string of the molecule is CC(Sc1ccc2ccccc2c1)=C1c2ccccc2N(C)c2ccccc21. The van der Waals surface area contributed by atoms with Crippen LogP contribution in [0, 0.1) is 0 Å². The average Bonchev–Trinajstić information content (AvgIpc) is 2.74. The zero-order valence-corrected chi connectivity index (χ0v) is 16.8. The van der Waals surface area contributed by atoms with Crippen LogP contribution >= 0.6 is 11.8 Å². The molecule has 0 radical (unpaired) electrons. The first-order valence-corrected chi connectivity index (χ1v) is 10.3. The molecule has 28 heavy (non-hydrogen) atoms. The predicted octanol–water partition coefficient (Wildman–Crippen LogP) is 7.49. The average molecular weight is 380 g/mol. The molecule has 0 atom stereocenters. The Kier molecular flexibility index (Phi) is 4.22. The molecule has 0 aromatic heterocycles. The second-order valence-electron chi connectivity index (χ2n) is 7.14. The summed E-state index contributed by atoms with van der Waals surface area (Å²) in [7, 11) is 2.15. The van der Waals surface area contributed by atoms with E-state index >= 15 is 0 Å². The third-order valence-corrected chi connectivity index (χ3v) is 6.41. The Labute approximate surface area is 170 Å². The molecule has 1 aliphatic heterocycles. The highest BCUT2D eigenvalue weighted by atomic mass is 32.2. The molecule has 136 valence electrons. The van der Waals surface area contributed by atoms with Crippen LogP contribution in [0.15, 0.2) is 101 Å². The van der Waals surface area contributed by atoms with Gasteiger partial charge in [0, 0.05) is 40.0 Å². The van der Waals surface area contributed by atoms with Crippen molar-refractivity contribution in [2.75, 3.05) is 11.9 Å². The van der Waals surface area contributed by atoms with Crippen molar-refractivity contribution in [3.05, 3.63) is 107 Å². The van der Waals surface area contributed by atoms with E-state index in [9.17, 15) is 0 Å². The van der Waals surface area contributed by atoms with E-state index in [4.69, 9.17) is 0 Å². The molecule has 1 aliphatic rings. The first kappa shape index (κ1) is 17.2. The number of nitrogens with zero attached hydrogens (tertiary/aromatic N) is 1. The number of anilines is 2. The third kappa shape index (κ3) is 2.81. The molecule has 2 heteroatoms. The molecular formula is C26H21NS. The van der Waals surface area contributed by atoms with Crippen molar-refractivity contribution in [2.45, 2.75) is 11.8 Å².